The Kier molecular flexibility index (Phi) is 4.69. The summed E-state index contributed by atoms with van der Waals surface area (Å²) in [5.74, 6) is -0.183. The van der Waals surface area contributed by atoms with Crippen LogP contribution in [0.1, 0.15) is 21.6 Å². The van der Waals surface area contributed by atoms with Crippen molar-refractivity contribution in [3.8, 4) is 0 Å². The zero-order chi connectivity index (χ0) is 20.1. The van der Waals surface area contributed by atoms with E-state index in [4.69, 9.17) is 11.6 Å². The van der Waals surface area contributed by atoms with Gasteiger partial charge in [-0.15, -0.1) is 0 Å². The van der Waals surface area contributed by atoms with Crippen LogP contribution < -0.4 is 0 Å². The topological polar surface area (TPSA) is 73.5 Å². The molecular weight excluding hydrogens is 398 g/mol. The van der Waals surface area contributed by atoms with Crippen molar-refractivity contribution in [3.05, 3.63) is 64.3 Å². The molecular formula is C20H20ClN3O3S. The van der Waals surface area contributed by atoms with Crippen LogP contribution in [0.15, 0.2) is 47.4 Å². The van der Waals surface area contributed by atoms with Gasteiger partial charge in [-0.2, -0.15) is 0 Å². The average Bonchev–Trinajstić information content (AvgIpc) is 3.04. The van der Waals surface area contributed by atoms with Crippen LogP contribution in [0, 0.1) is 0 Å². The maximum Gasteiger partial charge on any atom is 0.254 e. The Bertz CT molecular complexity index is 1180. The van der Waals surface area contributed by atoms with E-state index < -0.39 is 10.0 Å². The van der Waals surface area contributed by atoms with Crippen molar-refractivity contribution in [2.45, 2.75) is 17.9 Å². The number of aromatic amines is 1. The summed E-state index contributed by atoms with van der Waals surface area (Å²) < 4.78 is 25.9. The fourth-order valence-corrected chi connectivity index (χ4v) is 4.66. The minimum absolute atomic E-state index is 0.111. The summed E-state index contributed by atoms with van der Waals surface area (Å²) in [6, 6.07) is 11.9. The van der Waals surface area contributed by atoms with Gasteiger partial charge in [0.2, 0.25) is 10.0 Å². The molecule has 0 saturated heterocycles. The number of H-pyrrole nitrogens is 1. The van der Waals surface area contributed by atoms with Crippen LogP contribution in [0.4, 0.5) is 0 Å². The quantitative estimate of drug-likeness (QED) is 0.710. The molecule has 1 aliphatic heterocycles. The number of amides is 1. The number of aromatic nitrogens is 1. The van der Waals surface area contributed by atoms with Crippen LogP contribution in [-0.2, 0) is 23.0 Å². The number of sulfonamides is 1. The molecule has 146 valence electrons. The van der Waals surface area contributed by atoms with E-state index in [2.05, 4.69) is 4.98 Å². The molecule has 4 rings (SSSR count). The fourth-order valence-electron chi connectivity index (χ4n) is 3.54. The number of rotatable bonds is 3. The van der Waals surface area contributed by atoms with E-state index in [9.17, 15) is 13.2 Å². The Labute approximate surface area is 168 Å². The van der Waals surface area contributed by atoms with E-state index >= 15 is 0 Å². The Morgan fingerprint density at radius 1 is 1.18 bits per heavy atom. The van der Waals surface area contributed by atoms with Gasteiger partial charge in [0.05, 0.1) is 4.90 Å². The van der Waals surface area contributed by atoms with Crippen LogP contribution in [-0.4, -0.2) is 49.2 Å². The molecule has 8 heteroatoms. The van der Waals surface area contributed by atoms with Gasteiger partial charge in [0, 0.05) is 66.4 Å². The first-order valence-corrected chi connectivity index (χ1v) is 10.7. The molecule has 6 nitrogen and oxygen atoms in total. The summed E-state index contributed by atoms with van der Waals surface area (Å²) in [4.78, 5) is 18.3. The number of carbonyl (C=O) groups excluding carboxylic acids is 1. The zero-order valence-electron chi connectivity index (χ0n) is 15.6. The molecule has 0 fully saturated rings. The Morgan fingerprint density at radius 3 is 2.71 bits per heavy atom. The first-order valence-electron chi connectivity index (χ1n) is 8.88. The molecule has 1 aliphatic rings. The van der Waals surface area contributed by atoms with Gasteiger partial charge < -0.3 is 9.88 Å². The van der Waals surface area contributed by atoms with Gasteiger partial charge in [-0.25, -0.2) is 12.7 Å². The van der Waals surface area contributed by atoms with E-state index in [1.54, 1.807) is 17.0 Å². The van der Waals surface area contributed by atoms with Crippen LogP contribution in [0.5, 0.6) is 0 Å². The maximum absolute atomic E-state index is 13.1. The third-order valence-corrected chi connectivity index (χ3v) is 7.13. The molecule has 28 heavy (non-hydrogen) atoms. The van der Waals surface area contributed by atoms with Crippen molar-refractivity contribution in [1.82, 2.24) is 14.2 Å². The van der Waals surface area contributed by atoms with E-state index in [-0.39, 0.29) is 10.8 Å². The Hall–Kier alpha value is -2.35. The molecule has 3 aromatic rings. The summed E-state index contributed by atoms with van der Waals surface area (Å²) in [5.41, 5.74) is 3.55. The lowest BCUT2D eigenvalue weighted by Crippen LogP contribution is -2.36. The van der Waals surface area contributed by atoms with Crippen molar-refractivity contribution in [3.63, 3.8) is 0 Å². The Balaban J connectivity index is 1.66. The van der Waals surface area contributed by atoms with Gasteiger partial charge in [0.1, 0.15) is 0 Å². The zero-order valence-corrected chi connectivity index (χ0v) is 17.1. The molecule has 0 spiro atoms. The monoisotopic (exact) mass is 417 g/mol. The number of hydrogen-bond donors (Lipinski definition) is 1. The smallest absolute Gasteiger partial charge is 0.254 e. The summed E-state index contributed by atoms with van der Waals surface area (Å²) in [5, 5.41) is 1.67. The van der Waals surface area contributed by atoms with Gasteiger partial charge in [-0.3, -0.25) is 4.79 Å². The largest absolute Gasteiger partial charge is 0.358 e. The first kappa shape index (κ1) is 19.0. The summed E-state index contributed by atoms with van der Waals surface area (Å²) in [6.07, 6.45) is 0.711. The van der Waals surface area contributed by atoms with Crippen LogP contribution in [0.3, 0.4) is 0 Å². The predicted molar refractivity (Wildman–Crippen MR) is 109 cm³/mol. The van der Waals surface area contributed by atoms with Crippen LogP contribution in [0.2, 0.25) is 5.02 Å². The van der Waals surface area contributed by atoms with Crippen molar-refractivity contribution < 1.29 is 13.2 Å². The molecule has 0 saturated carbocycles. The van der Waals surface area contributed by atoms with Gasteiger partial charge in [0.15, 0.2) is 0 Å². The normalized spacial score (nSPS) is 14.5. The highest BCUT2D eigenvalue weighted by Crippen LogP contribution is 2.30. The second-order valence-corrected chi connectivity index (χ2v) is 9.65. The van der Waals surface area contributed by atoms with E-state index in [1.165, 1.54) is 26.2 Å². The van der Waals surface area contributed by atoms with Gasteiger partial charge in [-0.1, -0.05) is 17.7 Å². The lowest BCUT2D eigenvalue weighted by atomic mass is 10.0. The van der Waals surface area contributed by atoms with Crippen molar-refractivity contribution in [2.75, 3.05) is 20.6 Å². The molecule has 1 amide bonds. The summed E-state index contributed by atoms with van der Waals surface area (Å²) in [6.45, 7) is 1.02. The van der Waals surface area contributed by atoms with Gasteiger partial charge in [0.25, 0.3) is 5.91 Å². The average molecular weight is 418 g/mol. The van der Waals surface area contributed by atoms with E-state index in [0.717, 1.165) is 26.5 Å². The molecule has 0 aliphatic carbocycles. The van der Waals surface area contributed by atoms with Crippen molar-refractivity contribution in [1.29, 1.82) is 0 Å². The fraction of sp³-hybridized carbons (Fsp3) is 0.250. The number of benzene rings is 2. The van der Waals surface area contributed by atoms with Gasteiger partial charge >= 0.3 is 0 Å². The summed E-state index contributed by atoms with van der Waals surface area (Å²) in [7, 11) is -0.653. The summed E-state index contributed by atoms with van der Waals surface area (Å²) >= 11 is 6.14. The number of carbonyl (C=O) groups is 1. The van der Waals surface area contributed by atoms with Crippen molar-refractivity contribution in [2.24, 2.45) is 0 Å². The lowest BCUT2D eigenvalue weighted by molar-refractivity contribution is 0.0735. The minimum Gasteiger partial charge on any atom is -0.358 e. The molecule has 0 unspecified atom stereocenters. The molecule has 2 aromatic carbocycles. The van der Waals surface area contributed by atoms with Crippen molar-refractivity contribution >= 4 is 38.4 Å². The highest BCUT2D eigenvalue weighted by atomic mass is 35.5. The molecule has 1 aromatic heterocycles. The maximum atomic E-state index is 13.1. The number of nitrogens with one attached hydrogen (secondary N) is 1. The van der Waals surface area contributed by atoms with E-state index in [1.807, 2.05) is 18.2 Å². The minimum atomic E-state index is -3.59. The molecule has 1 N–H and O–H groups in total. The number of nitrogens with zero attached hydrogens (tertiary/aromatic N) is 2. The van der Waals surface area contributed by atoms with Gasteiger partial charge in [-0.05, 0) is 36.4 Å². The van der Waals surface area contributed by atoms with Crippen LogP contribution >= 0.6 is 11.6 Å². The second-order valence-electron chi connectivity index (χ2n) is 7.06. The number of halogens is 1. The highest BCUT2D eigenvalue weighted by Gasteiger charge is 2.26. The van der Waals surface area contributed by atoms with Crippen LogP contribution in [0.25, 0.3) is 10.9 Å². The predicted octanol–water partition coefficient (Wildman–Crippen LogP) is 3.27. The second kappa shape index (κ2) is 6.92. The third kappa shape index (κ3) is 3.19. The lowest BCUT2D eigenvalue weighted by Gasteiger charge is -2.27. The molecule has 0 radical (unpaired) electrons. The standard InChI is InChI=1S/C20H20ClN3O3S/c1-23(2)28(26,27)15-5-3-4-13(10-15)20(25)24-9-8-19-17(12-24)16-11-14(21)6-7-18(16)22-19/h3-7,10-11,22H,8-9,12H2,1-2H3. The SMILES string of the molecule is CN(C)S(=O)(=O)c1cccc(C(=O)N2CCc3[nH]c4ccc(Cl)cc4c3C2)c1. The number of hydrogen-bond acceptors (Lipinski definition) is 3. The molecule has 2 heterocycles. The highest BCUT2D eigenvalue weighted by molar-refractivity contribution is 7.89. The molecule has 0 atom stereocenters. The molecule has 0 bridgehead atoms. The van der Waals surface area contributed by atoms with E-state index in [0.29, 0.717) is 30.1 Å². The number of fused-ring (bicyclic) bond motifs is 3. The third-order valence-electron chi connectivity index (χ3n) is 5.08. The Morgan fingerprint density at radius 2 is 1.96 bits per heavy atom. The first-order chi connectivity index (χ1) is 13.3.